The molecule has 0 aliphatic rings. The molecule has 0 aliphatic carbocycles. The number of sulfonamides is 1. The summed E-state index contributed by atoms with van der Waals surface area (Å²) in [6.07, 6.45) is 1.21. The highest BCUT2D eigenvalue weighted by Gasteiger charge is 2.16. The van der Waals surface area contributed by atoms with Gasteiger partial charge in [-0.15, -0.1) is 0 Å². The quantitative estimate of drug-likeness (QED) is 0.132. The predicted molar refractivity (Wildman–Crippen MR) is 147 cm³/mol. The van der Waals surface area contributed by atoms with Crippen molar-refractivity contribution in [1.82, 2.24) is 10.1 Å². The van der Waals surface area contributed by atoms with Gasteiger partial charge in [-0.05, 0) is 48.5 Å². The van der Waals surface area contributed by atoms with Gasteiger partial charge >= 0.3 is 11.9 Å². The van der Waals surface area contributed by atoms with Crippen LogP contribution in [0.4, 0.5) is 0 Å². The van der Waals surface area contributed by atoms with Crippen LogP contribution in [0.15, 0.2) is 119 Å². The van der Waals surface area contributed by atoms with Crippen molar-refractivity contribution in [3.63, 3.8) is 0 Å². The summed E-state index contributed by atoms with van der Waals surface area (Å²) in [5.74, 6) is -1.88. The number of nitrogens with zero attached hydrogens (tertiary/aromatic N) is 1. The van der Waals surface area contributed by atoms with E-state index in [0.29, 0.717) is 5.56 Å². The Morgan fingerprint density at radius 3 is 1.88 bits per heavy atom. The van der Waals surface area contributed by atoms with Gasteiger partial charge in [-0.25, -0.2) is 28.2 Å². The molecule has 0 spiro atoms. The van der Waals surface area contributed by atoms with Gasteiger partial charge in [-0.2, -0.15) is 5.10 Å². The smallest absolute Gasteiger partial charge is 0.343 e. The molecule has 4 rings (SSSR count). The topological polar surface area (TPSA) is 140 Å². The summed E-state index contributed by atoms with van der Waals surface area (Å²) in [6, 6.07) is 28.5. The molecular weight excluding hydrogens is 534 g/mol. The second-order valence-corrected chi connectivity index (χ2v) is 9.91. The van der Waals surface area contributed by atoms with Gasteiger partial charge < -0.3 is 9.47 Å². The molecule has 2 N–H and O–H groups in total. The Bertz CT molecular complexity index is 1630. The minimum atomic E-state index is -3.88. The summed E-state index contributed by atoms with van der Waals surface area (Å²) in [6.45, 7) is -0.557. The van der Waals surface area contributed by atoms with Gasteiger partial charge in [0.2, 0.25) is 10.0 Å². The lowest BCUT2D eigenvalue weighted by molar-refractivity contribution is -0.119. The standard InChI is InChI=1S/C29H23N3O7S/c33-27(20-31-40(36,37)25-14-8-3-9-15-25)32-30-19-23-16-17-24(38-28(34)21-10-4-1-5-11-21)18-26(23)39-29(35)22-12-6-2-7-13-22/h1-19,31H,20H2,(H,32,33)/b30-19+. The molecule has 11 heteroatoms. The normalized spacial score (nSPS) is 11.1. The lowest BCUT2D eigenvalue weighted by atomic mass is 10.2. The van der Waals surface area contributed by atoms with Gasteiger partial charge in [0.15, 0.2) is 0 Å². The zero-order chi connectivity index (χ0) is 28.4. The molecule has 0 saturated carbocycles. The monoisotopic (exact) mass is 557 g/mol. The first kappa shape index (κ1) is 27.9. The van der Waals surface area contributed by atoms with Crippen molar-refractivity contribution in [1.29, 1.82) is 0 Å². The van der Waals surface area contributed by atoms with E-state index in [1.807, 2.05) is 0 Å². The third kappa shape index (κ3) is 7.69. The van der Waals surface area contributed by atoms with Crippen LogP contribution in [-0.2, 0) is 14.8 Å². The Morgan fingerprint density at radius 2 is 1.27 bits per heavy atom. The zero-order valence-corrected chi connectivity index (χ0v) is 21.7. The molecule has 10 nitrogen and oxygen atoms in total. The van der Waals surface area contributed by atoms with Crippen LogP contribution in [0.25, 0.3) is 0 Å². The van der Waals surface area contributed by atoms with Gasteiger partial charge in [0.25, 0.3) is 5.91 Å². The fraction of sp³-hybridized carbons (Fsp3) is 0.0345. The third-order valence-corrected chi connectivity index (χ3v) is 6.70. The predicted octanol–water partition coefficient (Wildman–Crippen LogP) is 3.55. The Kier molecular flexibility index (Phi) is 9.13. The van der Waals surface area contributed by atoms with Crippen molar-refractivity contribution in [2.45, 2.75) is 4.90 Å². The lowest BCUT2D eigenvalue weighted by Crippen LogP contribution is -2.34. The third-order valence-electron chi connectivity index (χ3n) is 5.29. The number of hydrogen-bond acceptors (Lipinski definition) is 8. The average Bonchev–Trinajstić information content (AvgIpc) is 2.98. The zero-order valence-electron chi connectivity index (χ0n) is 20.9. The second kappa shape index (κ2) is 13.1. The van der Waals surface area contributed by atoms with Crippen LogP contribution in [0.5, 0.6) is 11.5 Å². The molecular formula is C29H23N3O7S. The molecule has 0 radical (unpaired) electrons. The first-order chi connectivity index (χ1) is 19.3. The average molecular weight is 558 g/mol. The summed E-state index contributed by atoms with van der Waals surface area (Å²) in [4.78, 5) is 37.4. The van der Waals surface area contributed by atoms with Crippen LogP contribution in [0.3, 0.4) is 0 Å². The minimum Gasteiger partial charge on any atom is -0.423 e. The van der Waals surface area contributed by atoms with E-state index >= 15 is 0 Å². The van der Waals surface area contributed by atoms with Crippen LogP contribution >= 0.6 is 0 Å². The Labute approximate surface area is 230 Å². The van der Waals surface area contributed by atoms with Gasteiger partial charge in [0.1, 0.15) is 11.5 Å². The summed E-state index contributed by atoms with van der Waals surface area (Å²) in [5, 5.41) is 3.84. The first-order valence-corrected chi connectivity index (χ1v) is 13.4. The fourth-order valence-electron chi connectivity index (χ4n) is 3.30. The molecule has 4 aromatic carbocycles. The maximum Gasteiger partial charge on any atom is 0.343 e. The van der Waals surface area contributed by atoms with Crippen molar-refractivity contribution in [2.24, 2.45) is 5.10 Å². The second-order valence-electron chi connectivity index (χ2n) is 8.14. The van der Waals surface area contributed by atoms with Crippen molar-refractivity contribution in [3.05, 3.63) is 126 Å². The van der Waals surface area contributed by atoms with E-state index in [0.717, 1.165) is 0 Å². The number of hydrazone groups is 1. The lowest BCUT2D eigenvalue weighted by Gasteiger charge is -2.11. The number of amides is 1. The molecule has 0 aliphatic heterocycles. The van der Waals surface area contributed by atoms with Gasteiger partial charge in [-0.1, -0.05) is 54.6 Å². The summed E-state index contributed by atoms with van der Waals surface area (Å²) < 4.78 is 37.7. The molecule has 0 heterocycles. The Morgan fingerprint density at radius 1 is 0.725 bits per heavy atom. The van der Waals surface area contributed by atoms with Crippen molar-refractivity contribution < 1.29 is 32.3 Å². The highest BCUT2D eigenvalue weighted by molar-refractivity contribution is 7.89. The van der Waals surface area contributed by atoms with Crippen LogP contribution in [0, 0.1) is 0 Å². The van der Waals surface area contributed by atoms with Crippen molar-refractivity contribution in [3.8, 4) is 11.5 Å². The molecule has 1 amide bonds. The Balaban J connectivity index is 1.46. The molecule has 202 valence electrons. The van der Waals surface area contributed by atoms with E-state index < -0.39 is 34.4 Å². The van der Waals surface area contributed by atoms with E-state index in [1.165, 1.54) is 36.5 Å². The van der Waals surface area contributed by atoms with Crippen molar-refractivity contribution >= 4 is 34.1 Å². The van der Waals surface area contributed by atoms with E-state index in [9.17, 15) is 22.8 Å². The first-order valence-electron chi connectivity index (χ1n) is 11.9. The molecule has 0 aromatic heterocycles. The molecule has 40 heavy (non-hydrogen) atoms. The molecule has 0 bridgehead atoms. The van der Waals surface area contributed by atoms with E-state index in [-0.39, 0.29) is 27.5 Å². The highest BCUT2D eigenvalue weighted by atomic mass is 32.2. The minimum absolute atomic E-state index is 0.00925. The number of carbonyl (C=O) groups is 3. The van der Waals surface area contributed by atoms with Crippen LogP contribution < -0.4 is 19.6 Å². The van der Waals surface area contributed by atoms with Crippen LogP contribution in [0.1, 0.15) is 26.3 Å². The van der Waals surface area contributed by atoms with Crippen LogP contribution in [-0.4, -0.2) is 39.0 Å². The molecule has 4 aromatic rings. The molecule has 0 atom stereocenters. The Hall–Kier alpha value is -5.13. The molecule has 0 unspecified atom stereocenters. The van der Waals surface area contributed by atoms with E-state index in [4.69, 9.17) is 9.47 Å². The SMILES string of the molecule is O=C(CNS(=O)(=O)c1ccccc1)N/N=C/c1ccc(OC(=O)c2ccccc2)cc1OC(=O)c1ccccc1. The maximum absolute atomic E-state index is 12.7. The number of esters is 2. The number of rotatable bonds is 10. The number of nitrogens with one attached hydrogen (secondary N) is 2. The van der Waals surface area contributed by atoms with Gasteiger partial charge in [-0.3, -0.25) is 4.79 Å². The summed E-state index contributed by atoms with van der Waals surface area (Å²) >= 11 is 0. The highest BCUT2D eigenvalue weighted by Crippen LogP contribution is 2.26. The maximum atomic E-state index is 12.7. The van der Waals surface area contributed by atoms with Crippen molar-refractivity contribution in [2.75, 3.05) is 6.54 Å². The number of benzene rings is 4. The fourth-order valence-corrected chi connectivity index (χ4v) is 4.31. The summed E-state index contributed by atoms with van der Waals surface area (Å²) in [5.41, 5.74) is 3.11. The summed E-state index contributed by atoms with van der Waals surface area (Å²) in [7, 11) is -3.88. The molecule has 0 saturated heterocycles. The van der Waals surface area contributed by atoms with Gasteiger partial charge in [0.05, 0.1) is 28.8 Å². The largest absolute Gasteiger partial charge is 0.423 e. The number of hydrogen-bond donors (Lipinski definition) is 2. The van der Waals surface area contributed by atoms with E-state index in [2.05, 4.69) is 15.2 Å². The van der Waals surface area contributed by atoms with Crippen LogP contribution in [0.2, 0.25) is 0 Å². The van der Waals surface area contributed by atoms with Gasteiger partial charge in [0, 0.05) is 11.6 Å². The number of ether oxygens (including phenoxy) is 2. The molecule has 0 fully saturated rings. The number of carbonyl (C=O) groups excluding carboxylic acids is 3. The van der Waals surface area contributed by atoms with E-state index in [1.54, 1.807) is 78.9 Å².